The first-order chi connectivity index (χ1) is 9.43. The predicted molar refractivity (Wildman–Crippen MR) is 78.0 cm³/mol. The molecule has 0 heterocycles. The lowest BCUT2D eigenvalue weighted by molar-refractivity contribution is -0.122. The lowest BCUT2D eigenvalue weighted by Gasteiger charge is -2.30. The quantitative estimate of drug-likeness (QED) is 0.908. The molecule has 0 aliphatic carbocycles. The van der Waals surface area contributed by atoms with Gasteiger partial charge in [0.25, 0.3) is 0 Å². The number of hydrogen-bond donors (Lipinski definition) is 2. The maximum Gasteiger partial charge on any atom is 0.247 e. The molecule has 1 amide bonds. The summed E-state index contributed by atoms with van der Waals surface area (Å²) in [5.41, 5.74) is 5.26. The van der Waals surface area contributed by atoms with Gasteiger partial charge in [0.1, 0.15) is 11.4 Å². The summed E-state index contributed by atoms with van der Waals surface area (Å²) in [4.78, 5) is 11.9. The average molecular weight is 293 g/mol. The van der Waals surface area contributed by atoms with Gasteiger partial charge in [0.15, 0.2) is 0 Å². The summed E-state index contributed by atoms with van der Waals surface area (Å²) in [5, 5.41) is 3.37. The molecule has 0 bridgehead atoms. The largest absolute Gasteiger partial charge is 0.368 e. The fraction of sp³-hybridized carbons (Fsp3) is 0.133. The van der Waals surface area contributed by atoms with E-state index in [-0.39, 0.29) is 0 Å². The average Bonchev–Trinajstić information content (AvgIpc) is 2.38. The van der Waals surface area contributed by atoms with Gasteiger partial charge < -0.3 is 11.1 Å². The second-order valence-corrected chi connectivity index (χ2v) is 5.01. The first kappa shape index (κ1) is 14.3. The lowest BCUT2D eigenvalue weighted by atomic mass is 9.90. The normalized spacial score (nSPS) is 13.6. The molecule has 5 heteroatoms. The van der Waals surface area contributed by atoms with Gasteiger partial charge in [-0.3, -0.25) is 4.79 Å². The van der Waals surface area contributed by atoms with Gasteiger partial charge in [-0.25, -0.2) is 4.39 Å². The van der Waals surface area contributed by atoms with Crippen molar-refractivity contribution in [3.63, 3.8) is 0 Å². The highest BCUT2D eigenvalue weighted by atomic mass is 35.5. The second-order valence-electron chi connectivity index (χ2n) is 4.60. The number of nitrogens with one attached hydrogen (secondary N) is 1. The van der Waals surface area contributed by atoms with E-state index in [1.54, 1.807) is 43.3 Å². The fourth-order valence-corrected chi connectivity index (χ4v) is 2.31. The Labute approximate surface area is 121 Å². The van der Waals surface area contributed by atoms with Gasteiger partial charge in [-0.15, -0.1) is 0 Å². The highest BCUT2D eigenvalue weighted by Gasteiger charge is 2.35. The van der Waals surface area contributed by atoms with Crippen molar-refractivity contribution in [3.8, 4) is 0 Å². The Bertz CT molecular complexity index is 647. The van der Waals surface area contributed by atoms with Gasteiger partial charge >= 0.3 is 0 Å². The molecule has 0 fully saturated rings. The summed E-state index contributed by atoms with van der Waals surface area (Å²) >= 11 is 6.13. The zero-order valence-corrected chi connectivity index (χ0v) is 11.6. The molecule has 3 N–H and O–H groups in total. The van der Waals surface area contributed by atoms with Crippen LogP contribution >= 0.6 is 11.6 Å². The molecular formula is C15H14ClFN2O. The summed E-state index contributed by atoms with van der Waals surface area (Å²) in [7, 11) is 0. The van der Waals surface area contributed by atoms with E-state index >= 15 is 0 Å². The smallest absolute Gasteiger partial charge is 0.247 e. The molecule has 0 saturated heterocycles. The zero-order valence-electron chi connectivity index (χ0n) is 10.9. The molecule has 0 aliphatic heterocycles. The molecular weight excluding hydrogens is 279 g/mol. The maximum atomic E-state index is 13.2. The molecule has 2 aromatic carbocycles. The summed E-state index contributed by atoms with van der Waals surface area (Å²) in [6.45, 7) is 1.61. The van der Waals surface area contributed by atoms with Crippen molar-refractivity contribution in [2.24, 2.45) is 5.73 Å². The van der Waals surface area contributed by atoms with Crippen molar-refractivity contribution in [1.29, 1.82) is 0 Å². The van der Waals surface area contributed by atoms with E-state index < -0.39 is 17.3 Å². The summed E-state index contributed by atoms with van der Waals surface area (Å²) in [5.74, 6) is -1.00. The van der Waals surface area contributed by atoms with Crippen LogP contribution in [-0.2, 0) is 10.3 Å². The number of halogens is 2. The number of benzene rings is 2. The third kappa shape index (κ3) is 2.75. The van der Waals surface area contributed by atoms with Crippen LogP contribution in [0.25, 0.3) is 0 Å². The van der Waals surface area contributed by atoms with Crippen molar-refractivity contribution in [2.45, 2.75) is 12.5 Å². The summed E-state index contributed by atoms with van der Waals surface area (Å²) in [6, 6.07) is 12.7. The van der Waals surface area contributed by atoms with E-state index in [1.807, 2.05) is 0 Å². The third-order valence-electron chi connectivity index (χ3n) is 3.12. The number of primary amides is 1. The van der Waals surface area contributed by atoms with Gasteiger partial charge in [0, 0.05) is 16.3 Å². The Kier molecular flexibility index (Phi) is 3.95. The number of carbonyl (C=O) groups is 1. The van der Waals surface area contributed by atoms with Gasteiger partial charge in [0.05, 0.1) is 0 Å². The Balaban J connectivity index is 2.46. The van der Waals surface area contributed by atoms with Gasteiger partial charge in [-0.05, 0) is 31.2 Å². The van der Waals surface area contributed by atoms with Crippen LogP contribution in [0, 0.1) is 5.82 Å². The number of rotatable bonds is 4. The van der Waals surface area contributed by atoms with E-state index in [0.29, 0.717) is 16.3 Å². The van der Waals surface area contributed by atoms with Crippen molar-refractivity contribution in [3.05, 3.63) is 64.9 Å². The maximum absolute atomic E-state index is 13.2. The predicted octanol–water partition coefficient (Wildman–Crippen LogP) is 3.29. The molecule has 2 rings (SSSR count). The SMILES string of the molecule is CC(Nc1cccc(F)c1)(C(N)=O)c1ccccc1Cl. The van der Waals surface area contributed by atoms with E-state index in [4.69, 9.17) is 17.3 Å². The molecule has 104 valence electrons. The van der Waals surface area contributed by atoms with E-state index in [1.165, 1.54) is 12.1 Å². The van der Waals surface area contributed by atoms with Gasteiger partial charge in [-0.2, -0.15) is 0 Å². The number of amides is 1. The highest BCUT2D eigenvalue weighted by molar-refractivity contribution is 6.31. The summed E-state index contributed by atoms with van der Waals surface area (Å²) in [6.07, 6.45) is 0. The van der Waals surface area contributed by atoms with E-state index in [2.05, 4.69) is 5.32 Å². The molecule has 0 aromatic heterocycles. The van der Waals surface area contributed by atoms with Gasteiger partial charge in [-0.1, -0.05) is 35.9 Å². The summed E-state index contributed by atoms with van der Waals surface area (Å²) < 4.78 is 13.2. The van der Waals surface area contributed by atoms with Crippen LogP contribution in [0.1, 0.15) is 12.5 Å². The number of hydrogen-bond acceptors (Lipinski definition) is 2. The Morgan fingerprint density at radius 3 is 2.55 bits per heavy atom. The van der Waals surface area contributed by atoms with Crippen LogP contribution in [-0.4, -0.2) is 5.91 Å². The van der Waals surface area contributed by atoms with Crippen molar-refractivity contribution >= 4 is 23.2 Å². The van der Waals surface area contributed by atoms with Crippen LogP contribution in [0.4, 0.5) is 10.1 Å². The number of anilines is 1. The fourth-order valence-electron chi connectivity index (χ4n) is 1.98. The molecule has 1 atom stereocenters. The monoisotopic (exact) mass is 292 g/mol. The molecule has 3 nitrogen and oxygen atoms in total. The molecule has 0 saturated carbocycles. The Morgan fingerprint density at radius 2 is 1.95 bits per heavy atom. The number of nitrogens with two attached hydrogens (primary N) is 1. The molecule has 2 aromatic rings. The minimum absolute atomic E-state index is 0.402. The Hall–Kier alpha value is -2.07. The van der Waals surface area contributed by atoms with Crippen LogP contribution in [0.5, 0.6) is 0 Å². The molecule has 1 unspecified atom stereocenters. The standard InChI is InChI=1S/C15H14ClFN2O/c1-15(14(18)20,12-7-2-3-8-13(12)16)19-11-6-4-5-10(17)9-11/h2-9,19H,1H3,(H2,18,20). The van der Waals surface area contributed by atoms with Crippen molar-refractivity contribution in [2.75, 3.05) is 5.32 Å². The van der Waals surface area contributed by atoms with Crippen LogP contribution in [0.3, 0.4) is 0 Å². The van der Waals surface area contributed by atoms with Gasteiger partial charge in [0.2, 0.25) is 5.91 Å². The topological polar surface area (TPSA) is 55.1 Å². The molecule has 0 radical (unpaired) electrons. The third-order valence-corrected chi connectivity index (χ3v) is 3.45. The minimum atomic E-state index is -1.23. The van der Waals surface area contributed by atoms with Crippen LogP contribution in [0.2, 0.25) is 5.02 Å². The lowest BCUT2D eigenvalue weighted by Crippen LogP contribution is -2.45. The first-order valence-corrected chi connectivity index (χ1v) is 6.40. The van der Waals surface area contributed by atoms with Crippen molar-refractivity contribution in [1.82, 2.24) is 0 Å². The first-order valence-electron chi connectivity index (χ1n) is 6.02. The zero-order chi connectivity index (χ0) is 14.8. The Morgan fingerprint density at radius 1 is 1.25 bits per heavy atom. The van der Waals surface area contributed by atoms with E-state index in [9.17, 15) is 9.18 Å². The number of carbonyl (C=O) groups excluding carboxylic acids is 1. The highest BCUT2D eigenvalue weighted by Crippen LogP contribution is 2.31. The minimum Gasteiger partial charge on any atom is -0.368 e. The molecule has 0 aliphatic rings. The van der Waals surface area contributed by atoms with Crippen LogP contribution < -0.4 is 11.1 Å². The molecule has 0 spiro atoms. The second kappa shape index (κ2) is 5.51. The molecule has 20 heavy (non-hydrogen) atoms. The van der Waals surface area contributed by atoms with Crippen molar-refractivity contribution < 1.29 is 9.18 Å². The van der Waals surface area contributed by atoms with Crippen LogP contribution in [0.15, 0.2) is 48.5 Å². The van der Waals surface area contributed by atoms with E-state index in [0.717, 1.165) is 0 Å².